The molecule has 0 N–H and O–H groups in total. The van der Waals surface area contributed by atoms with Crippen LogP contribution in [0.1, 0.15) is 12.5 Å². The molecule has 1 nitrogen and oxygen atoms in total. The van der Waals surface area contributed by atoms with Gasteiger partial charge in [-0.1, -0.05) is 24.8 Å². The minimum Gasteiger partial charge on any atom is -0.201 e. The summed E-state index contributed by atoms with van der Waals surface area (Å²) in [6.07, 6.45) is 5.82. The van der Waals surface area contributed by atoms with E-state index in [2.05, 4.69) is 29.4 Å². The van der Waals surface area contributed by atoms with E-state index in [1.807, 2.05) is 38.4 Å². The second-order valence-corrected chi connectivity index (χ2v) is 3.04. The molecule has 0 radical (unpaired) electrons. The maximum atomic E-state index is 3.69. The van der Waals surface area contributed by atoms with Crippen molar-refractivity contribution in [2.45, 2.75) is 6.92 Å². The lowest BCUT2D eigenvalue weighted by Crippen LogP contribution is -2.04. The van der Waals surface area contributed by atoms with Crippen molar-refractivity contribution in [1.29, 1.82) is 0 Å². The molecule has 1 rings (SSSR count). The average Bonchev–Trinajstić information content (AvgIpc) is 2.21. The Morgan fingerprint density at radius 1 is 1.29 bits per heavy atom. The van der Waals surface area contributed by atoms with Crippen molar-refractivity contribution >= 4 is 11.9 Å². The first-order valence-corrected chi connectivity index (χ1v) is 4.70. The Morgan fingerprint density at radius 2 is 1.93 bits per heavy atom. The van der Waals surface area contributed by atoms with Crippen LogP contribution in [0.25, 0.3) is 5.70 Å². The second-order valence-electron chi connectivity index (χ2n) is 3.04. The maximum Gasteiger partial charge on any atom is 0.207 e. The molecule has 0 bridgehead atoms. The number of hydrogen-bond acceptors (Lipinski definition) is 0. The van der Waals surface area contributed by atoms with Crippen LogP contribution in [-0.4, -0.2) is 17.8 Å². The van der Waals surface area contributed by atoms with E-state index < -0.39 is 0 Å². The van der Waals surface area contributed by atoms with Crippen LogP contribution in [0.15, 0.2) is 49.1 Å². The highest BCUT2D eigenvalue weighted by atomic mass is 15.0. The van der Waals surface area contributed by atoms with Gasteiger partial charge < -0.3 is 0 Å². The van der Waals surface area contributed by atoms with Crippen LogP contribution in [0.5, 0.6) is 0 Å². The van der Waals surface area contributed by atoms with E-state index in [0.29, 0.717) is 0 Å². The summed E-state index contributed by atoms with van der Waals surface area (Å²) in [4.78, 5) is 0. The summed E-state index contributed by atoms with van der Waals surface area (Å²) < 4.78 is 2.06. The Bertz CT molecular complexity index is 358. The predicted octanol–water partition coefficient (Wildman–Crippen LogP) is 2.95. The molecule has 0 heterocycles. The minimum atomic E-state index is 1.19. The molecule has 0 aliphatic carbocycles. The molecule has 1 aromatic rings. The van der Waals surface area contributed by atoms with Crippen LogP contribution in [0.4, 0.5) is 0 Å². The monoisotopic (exact) mass is 186 g/mol. The Hall–Kier alpha value is -1.63. The fourth-order valence-electron chi connectivity index (χ4n) is 1.42. The molecule has 72 valence electrons. The molecular weight excluding hydrogens is 170 g/mol. The van der Waals surface area contributed by atoms with Gasteiger partial charge in [-0.25, -0.2) is 4.58 Å². The van der Waals surface area contributed by atoms with E-state index in [1.165, 1.54) is 11.3 Å². The van der Waals surface area contributed by atoms with Crippen LogP contribution in [0.3, 0.4) is 0 Å². The van der Waals surface area contributed by atoms with E-state index >= 15 is 0 Å². The summed E-state index contributed by atoms with van der Waals surface area (Å²) in [6.45, 7) is 5.72. The first-order chi connectivity index (χ1) is 6.79. The summed E-state index contributed by atoms with van der Waals surface area (Å²) in [5.74, 6) is 0. The molecule has 0 atom stereocenters. The van der Waals surface area contributed by atoms with Gasteiger partial charge in [0.25, 0.3) is 0 Å². The molecule has 0 aliphatic heterocycles. The molecule has 0 saturated carbocycles. The second kappa shape index (κ2) is 5.18. The van der Waals surface area contributed by atoms with Crippen molar-refractivity contribution in [3.8, 4) is 0 Å². The third-order valence-electron chi connectivity index (χ3n) is 2.05. The largest absolute Gasteiger partial charge is 0.207 e. The lowest BCUT2D eigenvalue weighted by atomic mass is 10.1. The first kappa shape index (κ1) is 10.5. The molecule has 1 heteroatoms. The minimum absolute atomic E-state index is 1.19. The Kier molecular flexibility index (Phi) is 3.86. The van der Waals surface area contributed by atoms with Gasteiger partial charge in [0.15, 0.2) is 6.21 Å². The van der Waals surface area contributed by atoms with Crippen LogP contribution in [0.2, 0.25) is 0 Å². The average molecular weight is 186 g/mol. The number of allylic oxidation sites excluding steroid dienone is 2. The van der Waals surface area contributed by atoms with E-state index in [9.17, 15) is 0 Å². The van der Waals surface area contributed by atoms with Crippen LogP contribution >= 0.6 is 0 Å². The highest BCUT2D eigenvalue weighted by molar-refractivity contribution is 5.70. The molecule has 0 unspecified atom stereocenters. The van der Waals surface area contributed by atoms with Crippen LogP contribution in [0, 0.1) is 0 Å². The van der Waals surface area contributed by atoms with Crippen molar-refractivity contribution in [3.05, 3.63) is 54.6 Å². The van der Waals surface area contributed by atoms with Gasteiger partial charge in [-0.3, -0.25) is 0 Å². The highest BCUT2D eigenvalue weighted by Gasteiger charge is 2.07. The molecule has 0 aromatic heterocycles. The van der Waals surface area contributed by atoms with E-state index in [1.54, 1.807) is 6.08 Å². The number of hydrogen-bond donors (Lipinski definition) is 0. The summed E-state index contributed by atoms with van der Waals surface area (Å²) in [5, 5.41) is 0. The molecule has 0 aliphatic rings. The van der Waals surface area contributed by atoms with Crippen molar-refractivity contribution in [2.75, 3.05) is 7.05 Å². The topological polar surface area (TPSA) is 3.01 Å². The molecule has 0 spiro atoms. The van der Waals surface area contributed by atoms with Gasteiger partial charge in [-0.15, -0.1) is 0 Å². The molecule has 0 fully saturated rings. The zero-order valence-corrected chi connectivity index (χ0v) is 8.77. The van der Waals surface area contributed by atoms with Gasteiger partial charge in [0, 0.05) is 5.56 Å². The Morgan fingerprint density at radius 3 is 2.43 bits per heavy atom. The maximum absolute atomic E-state index is 3.69. The van der Waals surface area contributed by atoms with Crippen molar-refractivity contribution in [2.24, 2.45) is 0 Å². The fraction of sp³-hybridized carbons (Fsp3) is 0.154. The highest BCUT2D eigenvalue weighted by Crippen LogP contribution is 2.13. The van der Waals surface area contributed by atoms with E-state index in [4.69, 9.17) is 0 Å². The van der Waals surface area contributed by atoms with Crippen molar-refractivity contribution in [1.82, 2.24) is 0 Å². The normalized spacial score (nSPS) is 12.7. The molecule has 14 heavy (non-hydrogen) atoms. The zero-order valence-electron chi connectivity index (χ0n) is 8.77. The van der Waals surface area contributed by atoms with Gasteiger partial charge in [0.1, 0.15) is 7.05 Å². The lowest BCUT2D eigenvalue weighted by Gasteiger charge is -2.00. The summed E-state index contributed by atoms with van der Waals surface area (Å²) in [6, 6.07) is 10.3. The van der Waals surface area contributed by atoms with Crippen molar-refractivity contribution < 1.29 is 4.58 Å². The Labute approximate surface area is 85.7 Å². The number of benzene rings is 1. The van der Waals surface area contributed by atoms with Gasteiger partial charge in [-0.2, -0.15) is 0 Å². The predicted molar refractivity (Wildman–Crippen MR) is 62.5 cm³/mol. The van der Waals surface area contributed by atoms with Crippen LogP contribution < -0.4 is 0 Å². The third kappa shape index (κ3) is 2.43. The van der Waals surface area contributed by atoms with Gasteiger partial charge in [-0.05, 0) is 31.2 Å². The lowest BCUT2D eigenvalue weighted by molar-refractivity contribution is -0.389. The quantitative estimate of drug-likeness (QED) is 0.504. The molecule has 0 amide bonds. The summed E-state index contributed by atoms with van der Waals surface area (Å²) in [5.41, 5.74) is 2.40. The smallest absolute Gasteiger partial charge is 0.201 e. The Balaban J connectivity index is 3.07. The summed E-state index contributed by atoms with van der Waals surface area (Å²) >= 11 is 0. The number of nitrogens with zero attached hydrogens (tertiary/aromatic N) is 1. The van der Waals surface area contributed by atoms with Crippen molar-refractivity contribution in [3.63, 3.8) is 0 Å². The zero-order chi connectivity index (χ0) is 10.4. The first-order valence-electron chi connectivity index (χ1n) is 4.70. The SMILES string of the molecule is C=CC=[N+](C)/C(=C\C)c1ccccc1. The van der Waals surface area contributed by atoms with Gasteiger partial charge >= 0.3 is 0 Å². The van der Waals surface area contributed by atoms with Gasteiger partial charge in [0.05, 0.1) is 0 Å². The van der Waals surface area contributed by atoms with E-state index in [0.717, 1.165) is 0 Å². The fourth-order valence-corrected chi connectivity index (χ4v) is 1.42. The summed E-state index contributed by atoms with van der Waals surface area (Å²) in [7, 11) is 2.02. The number of rotatable bonds is 3. The standard InChI is InChI=1S/C13H16N/c1-4-11-14(3)13(5-2)12-9-7-6-8-10-12/h4-11H,1H2,2-3H3/q+1/b13-5-,14-11?. The molecule has 0 saturated heterocycles. The molecular formula is C13H16N+. The van der Waals surface area contributed by atoms with Crippen LogP contribution in [-0.2, 0) is 0 Å². The van der Waals surface area contributed by atoms with Gasteiger partial charge in [0.2, 0.25) is 5.70 Å². The molecule has 1 aromatic carbocycles. The third-order valence-corrected chi connectivity index (χ3v) is 2.05. The van der Waals surface area contributed by atoms with E-state index in [-0.39, 0.29) is 0 Å².